The Labute approximate surface area is 157 Å². The number of hydrogen-bond acceptors (Lipinski definition) is 3. The van der Waals surface area contributed by atoms with Crippen LogP contribution in [0.25, 0.3) is 10.8 Å². The normalized spacial score (nSPS) is 13.2. The molecule has 0 radical (unpaired) electrons. The molecule has 0 fully saturated rings. The molecule has 0 bridgehead atoms. The van der Waals surface area contributed by atoms with Gasteiger partial charge in [0.1, 0.15) is 11.6 Å². The highest BCUT2D eigenvalue weighted by Crippen LogP contribution is 2.28. The Morgan fingerprint density at radius 1 is 1.15 bits per heavy atom. The first-order valence-electron chi connectivity index (χ1n) is 7.77. The summed E-state index contributed by atoms with van der Waals surface area (Å²) in [4.78, 5) is 28.6. The molecule has 27 heavy (non-hydrogen) atoms. The summed E-state index contributed by atoms with van der Waals surface area (Å²) in [5.74, 6) is -4.15. The highest BCUT2D eigenvalue weighted by Gasteiger charge is 2.40. The smallest absolute Gasteiger partial charge is 0.333 e. The Morgan fingerprint density at radius 2 is 1.89 bits per heavy atom. The predicted molar refractivity (Wildman–Crippen MR) is 95.6 cm³/mol. The van der Waals surface area contributed by atoms with Gasteiger partial charge >= 0.3 is 5.97 Å². The van der Waals surface area contributed by atoms with Crippen LogP contribution in [0.2, 0.25) is 5.02 Å². The Kier molecular flexibility index (Phi) is 4.80. The second-order valence-corrected chi connectivity index (χ2v) is 6.44. The van der Waals surface area contributed by atoms with Crippen molar-refractivity contribution in [1.29, 1.82) is 0 Å². The van der Waals surface area contributed by atoms with Gasteiger partial charge in [-0.2, -0.15) is 0 Å². The molecule has 1 aromatic heterocycles. The molecule has 3 rings (SSSR count). The Bertz CT molecular complexity index is 1070. The van der Waals surface area contributed by atoms with Gasteiger partial charge in [0.15, 0.2) is 5.54 Å². The summed E-state index contributed by atoms with van der Waals surface area (Å²) in [5.41, 5.74) is -2.65. The molecule has 0 aliphatic heterocycles. The van der Waals surface area contributed by atoms with E-state index < -0.39 is 34.6 Å². The van der Waals surface area contributed by atoms with Crippen molar-refractivity contribution in [2.75, 3.05) is 0 Å². The van der Waals surface area contributed by atoms with Crippen molar-refractivity contribution >= 4 is 34.2 Å². The second kappa shape index (κ2) is 6.92. The minimum Gasteiger partial charge on any atom is -0.479 e. The zero-order valence-corrected chi connectivity index (χ0v) is 14.7. The van der Waals surface area contributed by atoms with Crippen LogP contribution in [0.3, 0.4) is 0 Å². The molecule has 0 saturated carbocycles. The molecule has 0 spiro atoms. The van der Waals surface area contributed by atoms with Crippen LogP contribution in [-0.4, -0.2) is 22.0 Å². The fourth-order valence-corrected chi connectivity index (χ4v) is 2.97. The maximum absolute atomic E-state index is 14.2. The maximum Gasteiger partial charge on any atom is 0.333 e. The van der Waals surface area contributed by atoms with Gasteiger partial charge in [-0.05, 0) is 36.6 Å². The van der Waals surface area contributed by atoms with Gasteiger partial charge in [0.05, 0.1) is 5.56 Å². The number of amides is 1. The van der Waals surface area contributed by atoms with Gasteiger partial charge in [-0.15, -0.1) is 0 Å². The highest BCUT2D eigenvalue weighted by atomic mass is 35.5. The molecule has 8 heteroatoms. The van der Waals surface area contributed by atoms with Crippen LogP contribution in [0.4, 0.5) is 8.78 Å². The molecular formula is C19H13ClF2N2O3. The highest BCUT2D eigenvalue weighted by molar-refractivity contribution is 6.35. The van der Waals surface area contributed by atoms with Crippen LogP contribution in [0.5, 0.6) is 0 Å². The third-order valence-corrected chi connectivity index (χ3v) is 4.58. The van der Waals surface area contributed by atoms with Gasteiger partial charge in [0, 0.05) is 28.4 Å². The molecular weight excluding hydrogens is 378 g/mol. The number of carboxylic acid groups (broad SMARTS) is 1. The van der Waals surface area contributed by atoms with Gasteiger partial charge < -0.3 is 10.4 Å². The van der Waals surface area contributed by atoms with Crippen molar-refractivity contribution in [2.45, 2.75) is 12.5 Å². The van der Waals surface area contributed by atoms with Crippen LogP contribution < -0.4 is 5.32 Å². The fraction of sp³-hybridized carbons (Fsp3) is 0.105. The number of benzene rings is 2. The molecule has 1 atom stereocenters. The van der Waals surface area contributed by atoms with E-state index in [2.05, 4.69) is 10.3 Å². The van der Waals surface area contributed by atoms with E-state index in [0.717, 1.165) is 25.1 Å². The zero-order chi connectivity index (χ0) is 19.8. The topological polar surface area (TPSA) is 79.3 Å². The SMILES string of the molecule is CC(NC(=O)c1cncc2c(Cl)cccc12)(C(=O)O)c1cc(F)ccc1F. The molecule has 0 aliphatic carbocycles. The number of rotatable bonds is 4. The summed E-state index contributed by atoms with van der Waals surface area (Å²) < 4.78 is 27.7. The quantitative estimate of drug-likeness (QED) is 0.708. The lowest BCUT2D eigenvalue weighted by Crippen LogP contribution is -2.50. The predicted octanol–water partition coefficient (Wildman–Crippen LogP) is 3.90. The van der Waals surface area contributed by atoms with Crippen molar-refractivity contribution in [3.63, 3.8) is 0 Å². The van der Waals surface area contributed by atoms with Crippen molar-refractivity contribution in [2.24, 2.45) is 0 Å². The average molecular weight is 391 g/mol. The molecule has 2 aromatic carbocycles. The number of carboxylic acids is 1. The second-order valence-electron chi connectivity index (χ2n) is 6.03. The lowest BCUT2D eigenvalue weighted by atomic mass is 9.90. The van der Waals surface area contributed by atoms with Crippen LogP contribution >= 0.6 is 11.6 Å². The van der Waals surface area contributed by atoms with E-state index in [1.165, 1.54) is 12.4 Å². The maximum atomic E-state index is 14.2. The summed E-state index contributed by atoms with van der Waals surface area (Å²) in [6.45, 7) is 1.08. The lowest BCUT2D eigenvalue weighted by Gasteiger charge is -2.27. The molecule has 3 aromatic rings. The summed E-state index contributed by atoms with van der Waals surface area (Å²) in [5, 5.41) is 13.2. The number of aromatic nitrogens is 1. The molecule has 2 N–H and O–H groups in total. The molecule has 1 heterocycles. The lowest BCUT2D eigenvalue weighted by molar-refractivity contribution is -0.144. The molecule has 0 aliphatic rings. The van der Waals surface area contributed by atoms with Crippen molar-refractivity contribution in [3.8, 4) is 0 Å². The Morgan fingerprint density at radius 3 is 2.59 bits per heavy atom. The number of pyridine rings is 1. The van der Waals surface area contributed by atoms with Gasteiger partial charge in [-0.25, -0.2) is 13.6 Å². The number of carbonyl (C=O) groups excluding carboxylic acids is 1. The summed E-state index contributed by atoms with van der Waals surface area (Å²) in [7, 11) is 0. The molecule has 5 nitrogen and oxygen atoms in total. The minimum atomic E-state index is -2.20. The first-order valence-corrected chi connectivity index (χ1v) is 8.15. The van der Waals surface area contributed by atoms with E-state index in [0.29, 0.717) is 15.8 Å². The van der Waals surface area contributed by atoms with Crippen LogP contribution in [0, 0.1) is 11.6 Å². The van der Waals surface area contributed by atoms with E-state index in [4.69, 9.17) is 11.6 Å². The number of nitrogens with zero attached hydrogens (tertiary/aromatic N) is 1. The van der Waals surface area contributed by atoms with E-state index in [1.54, 1.807) is 18.2 Å². The minimum absolute atomic E-state index is 0.0549. The first-order chi connectivity index (χ1) is 12.7. The van der Waals surface area contributed by atoms with Gasteiger partial charge in [-0.1, -0.05) is 23.7 Å². The number of halogens is 3. The van der Waals surface area contributed by atoms with E-state index >= 15 is 0 Å². The van der Waals surface area contributed by atoms with Gasteiger partial charge in [-0.3, -0.25) is 9.78 Å². The Hall–Kier alpha value is -3.06. The number of hydrogen-bond donors (Lipinski definition) is 2. The standard InChI is InChI=1S/C19H13ClF2N2O3/c1-19(18(26)27,14-7-10(21)5-6-16(14)22)24-17(25)13-9-23-8-12-11(13)3-2-4-15(12)20/h2-9H,1H3,(H,24,25)(H,26,27). The number of aliphatic carboxylic acids is 1. The molecule has 1 amide bonds. The first kappa shape index (κ1) is 18.7. The summed E-state index contributed by atoms with van der Waals surface area (Å²) in [6.07, 6.45) is 2.72. The third kappa shape index (κ3) is 3.33. The summed E-state index contributed by atoms with van der Waals surface area (Å²) in [6, 6.07) is 7.28. The average Bonchev–Trinajstić information content (AvgIpc) is 2.63. The number of nitrogens with one attached hydrogen (secondary N) is 1. The van der Waals surface area contributed by atoms with Crippen molar-refractivity contribution < 1.29 is 23.5 Å². The third-order valence-electron chi connectivity index (χ3n) is 4.25. The van der Waals surface area contributed by atoms with Crippen LogP contribution in [0.15, 0.2) is 48.8 Å². The van der Waals surface area contributed by atoms with Gasteiger partial charge in [0.2, 0.25) is 0 Å². The fourth-order valence-electron chi connectivity index (χ4n) is 2.75. The van der Waals surface area contributed by atoms with Crippen molar-refractivity contribution in [3.05, 3.63) is 76.6 Å². The van der Waals surface area contributed by atoms with E-state index in [9.17, 15) is 23.5 Å². The van der Waals surface area contributed by atoms with Crippen LogP contribution in [0.1, 0.15) is 22.8 Å². The molecule has 1 unspecified atom stereocenters. The van der Waals surface area contributed by atoms with Gasteiger partial charge in [0.25, 0.3) is 5.91 Å². The Balaban J connectivity index is 2.09. The van der Waals surface area contributed by atoms with Crippen molar-refractivity contribution in [1.82, 2.24) is 10.3 Å². The molecule has 138 valence electrons. The van der Waals surface area contributed by atoms with E-state index in [1.807, 2.05) is 0 Å². The number of carbonyl (C=O) groups is 2. The monoisotopic (exact) mass is 390 g/mol. The largest absolute Gasteiger partial charge is 0.479 e. The molecule has 0 saturated heterocycles. The zero-order valence-electron chi connectivity index (χ0n) is 14.0. The number of fused-ring (bicyclic) bond motifs is 1. The summed E-state index contributed by atoms with van der Waals surface area (Å²) >= 11 is 6.09. The van der Waals surface area contributed by atoms with E-state index in [-0.39, 0.29) is 5.56 Å². The van der Waals surface area contributed by atoms with Crippen LogP contribution in [-0.2, 0) is 10.3 Å².